The van der Waals surface area contributed by atoms with Crippen molar-refractivity contribution in [3.63, 3.8) is 0 Å². The second-order valence-corrected chi connectivity index (χ2v) is 5.62. The number of nitrogens with one attached hydrogen (secondary N) is 2. The molecule has 20 heavy (non-hydrogen) atoms. The zero-order chi connectivity index (χ0) is 15.4. The molecule has 0 radical (unpaired) electrons. The lowest BCUT2D eigenvalue weighted by molar-refractivity contribution is -0.129. The molecule has 0 fully saturated rings. The van der Waals surface area contributed by atoms with Crippen LogP contribution in [0.2, 0.25) is 0 Å². The SMILES string of the molecule is CCCCCCCCNC(=O)[C@@H](NC(C)=O)[C@@H](C)CC. The second kappa shape index (κ2) is 11.7. The van der Waals surface area contributed by atoms with Crippen molar-refractivity contribution in [3.05, 3.63) is 0 Å². The lowest BCUT2D eigenvalue weighted by atomic mass is 9.98. The Morgan fingerprint density at radius 3 is 2.15 bits per heavy atom. The van der Waals surface area contributed by atoms with Crippen LogP contribution in [0.5, 0.6) is 0 Å². The summed E-state index contributed by atoms with van der Waals surface area (Å²) in [6.07, 6.45) is 8.12. The van der Waals surface area contributed by atoms with Gasteiger partial charge >= 0.3 is 0 Å². The van der Waals surface area contributed by atoms with Gasteiger partial charge in [-0.1, -0.05) is 59.3 Å². The molecule has 0 bridgehead atoms. The average Bonchev–Trinajstić information content (AvgIpc) is 2.42. The molecule has 4 nitrogen and oxygen atoms in total. The van der Waals surface area contributed by atoms with E-state index in [1.54, 1.807) is 0 Å². The van der Waals surface area contributed by atoms with Crippen LogP contribution in [0, 0.1) is 5.92 Å². The van der Waals surface area contributed by atoms with Crippen LogP contribution in [0.1, 0.15) is 72.6 Å². The summed E-state index contributed by atoms with van der Waals surface area (Å²) in [6, 6.07) is -0.405. The van der Waals surface area contributed by atoms with E-state index in [0.717, 1.165) is 19.3 Å². The van der Waals surface area contributed by atoms with Gasteiger partial charge in [0, 0.05) is 13.5 Å². The summed E-state index contributed by atoms with van der Waals surface area (Å²) in [5, 5.41) is 5.69. The molecule has 0 aliphatic carbocycles. The summed E-state index contributed by atoms with van der Waals surface area (Å²) < 4.78 is 0. The summed E-state index contributed by atoms with van der Waals surface area (Å²) in [7, 11) is 0. The van der Waals surface area contributed by atoms with Crippen molar-refractivity contribution in [2.24, 2.45) is 5.92 Å². The van der Waals surface area contributed by atoms with Crippen molar-refractivity contribution in [1.82, 2.24) is 10.6 Å². The van der Waals surface area contributed by atoms with Gasteiger partial charge in [-0.3, -0.25) is 9.59 Å². The zero-order valence-corrected chi connectivity index (χ0v) is 13.6. The molecule has 0 saturated carbocycles. The highest BCUT2D eigenvalue weighted by Gasteiger charge is 2.24. The van der Waals surface area contributed by atoms with E-state index in [-0.39, 0.29) is 17.7 Å². The van der Waals surface area contributed by atoms with Gasteiger partial charge in [0.15, 0.2) is 0 Å². The van der Waals surface area contributed by atoms with E-state index in [1.165, 1.54) is 32.6 Å². The third kappa shape index (κ3) is 8.94. The number of unbranched alkanes of at least 4 members (excludes halogenated alkanes) is 5. The van der Waals surface area contributed by atoms with Crippen molar-refractivity contribution in [1.29, 1.82) is 0 Å². The molecule has 0 aromatic rings. The number of amides is 2. The topological polar surface area (TPSA) is 58.2 Å². The van der Waals surface area contributed by atoms with Crippen LogP contribution < -0.4 is 10.6 Å². The molecule has 2 N–H and O–H groups in total. The van der Waals surface area contributed by atoms with Crippen molar-refractivity contribution in [2.75, 3.05) is 6.54 Å². The van der Waals surface area contributed by atoms with Crippen LogP contribution in [0.4, 0.5) is 0 Å². The van der Waals surface area contributed by atoms with Gasteiger partial charge in [-0.25, -0.2) is 0 Å². The quantitative estimate of drug-likeness (QED) is 0.573. The number of carbonyl (C=O) groups is 2. The average molecular weight is 284 g/mol. The Hall–Kier alpha value is -1.06. The Morgan fingerprint density at radius 1 is 1.00 bits per heavy atom. The van der Waals surface area contributed by atoms with Gasteiger partial charge in [0.25, 0.3) is 0 Å². The van der Waals surface area contributed by atoms with Gasteiger partial charge in [-0.2, -0.15) is 0 Å². The third-order valence-electron chi connectivity index (χ3n) is 3.68. The zero-order valence-electron chi connectivity index (χ0n) is 13.6. The van der Waals surface area contributed by atoms with E-state index < -0.39 is 6.04 Å². The third-order valence-corrected chi connectivity index (χ3v) is 3.68. The van der Waals surface area contributed by atoms with Crippen molar-refractivity contribution >= 4 is 11.8 Å². The molecule has 0 rings (SSSR count). The molecule has 2 amide bonds. The molecule has 0 aromatic heterocycles. The van der Waals surface area contributed by atoms with Crippen molar-refractivity contribution < 1.29 is 9.59 Å². The molecule has 0 saturated heterocycles. The van der Waals surface area contributed by atoms with Gasteiger partial charge in [-0.15, -0.1) is 0 Å². The fraction of sp³-hybridized carbons (Fsp3) is 0.875. The lowest BCUT2D eigenvalue weighted by Gasteiger charge is -2.22. The summed E-state index contributed by atoms with van der Waals surface area (Å²) in [6.45, 7) is 8.39. The number of carbonyl (C=O) groups excluding carboxylic acids is 2. The highest BCUT2D eigenvalue weighted by molar-refractivity contribution is 5.87. The van der Waals surface area contributed by atoms with E-state index in [2.05, 4.69) is 17.6 Å². The highest BCUT2D eigenvalue weighted by Crippen LogP contribution is 2.08. The molecule has 2 atom stereocenters. The standard InChI is InChI=1S/C16H32N2O2/c1-5-7-8-9-10-11-12-17-16(20)15(13(3)6-2)18-14(4)19/h13,15H,5-12H2,1-4H3,(H,17,20)(H,18,19)/t13-,15-/m0/s1. The first-order valence-corrected chi connectivity index (χ1v) is 8.07. The maximum absolute atomic E-state index is 12.1. The lowest BCUT2D eigenvalue weighted by Crippen LogP contribution is -2.49. The summed E-state index contributed by atoms with van der Waals surface area (Å²) >= 11 is 0. The fourth-order valence-electron chi connectivity index (χ4n) is 2.15. The van der Waals surface area contributed by atoms with Crippen LogP contribution in [0.3, 0.4) is 0 Å². The number of hydrogen-bond acceptors (Lipinski definition) is 2. The maximum atomic E-state index is 12.1. The minimum atomic E-state index is -0.405. The van der Waals surface area contributed by atoms with Gasteiger partial charge < -0.3 is 10.6 Å². The van der Waals surface area contributed by atoms with Crippen molar-refractivity contribution in [2.45, 2.75) is 78.7 Å². The fourth-order valence-corrected chi connectivity index (χ4v) is 2.15. The molecule has 0 aliphatic rings. The molecule has 4 heteroatoms. The van der Waals surface area contributed by atoms with Gasteiger partial charge in [0.05, 0.1) is 0 Å². The Labute approximate surface area is 124 Å². The predicted octanol–water partition coefficient (Wildman–Crippen LogP) is 3.01. The smallest absolute Gasteiger partial charge is 0.242 e. The number of rotatable bonds is 11. The maximum Gasteiger partial charge on any atom is 0.242 e. The molecule has 0 aliphatic heterocycles. The van der Waals surface area contributed by atoms with Crippen LogP contribution in [0.15, 0.2) is 0 Å². The second-order valence-electron chi connectivity index (χ2n) is 5.62. The summed E-state index contributed by atoms with van der Waals surface area (Å²) in [5.74, 6) is -0.0448. The van der Waals surface area contributed by atoms with E-state index in [4.69, 9.17) is 0 Å². The molecule has 118 valence electrons. The predicted molar refractivity (Wildman–Crippen MR) is 83.4 cm³/mol. The van der Waals surface area contributed by atoms with E-state index in [0.29, 0.717) is 6.54 Å². The van der Waals surface area contributed by atoms with Crippen LogP contribution in [0.25, 0.3) is 0 Å². The first-order valence-electron chi connectivity index (χ1n) is 8.07. The van der Waals surface area contributed by atoms with E-state index in [9.17, 15) is 9.59 Å². The normalized spacial score (nSPS) is 13.6. The van der Waals surface area contributed by atoms with Gasteiger partial charge in [0.1, 0.15) is 6.04 Å². The molecule has 0 spiro atoms. The van der Waals surface area contributed by atoms with E-state index in [1.807, 2.05) is 13.8 Å². The van der Waals surface area contributed by atoms with E-state index >= 15 is 0 Å². The summed E-state index contributed by atoms with van der Waals surface area (Å²) in [5.41, 5.74) is 0. The minimum absolute atomic E-state index is 0.0527. The van der Waals surface area contributed by atoms with Crippen LogP contribution in [-0.2, 0) is 9.59 Å². The van der Waals surface area contributed by atoms with Crippen LogP contribution >= 0.6 is 0 Å². The molecular formula is C16H32N2O2. The Morgan fingerprint density at radius 2 is 1.60 bits per heavy atom. The first-order chi connectivity index (χ1) is 9.52. The monoisotopic (exact) mass is 284 g/mol. The number of hydrogen-bond donors (Lipinski definition) is 2. The summed E-state index contributed by atoms with van der Waals surface area (Å²) in [4.78, 5) is 23.3. The first kappa shape index (κ1) is 18.9. The van der Waals surface area contributed by atoms with Crippen molar-refractivity contribution in [3.8, 4) is 0 Å². The molecule has 0 heterocycles. The Kier molecular flexibility index (Phi) is 11.1. The molecule has 0 aromatic carbocycles. The largest absolute Gasteiger partial charge is 0.354 e. The Bertz CT molecular complexity index is 280. The van der Waals surface area contributed by atoms with Gasteiger partial charge in [-0.05, 0) is 12.3 Å². The highest BCUT2D eigenvalue weighted by atomic mass is 16.2. The molecule has 0 unspecified atom stereocenters. The van der Waals surface area contributed by atoms with Crippen LogP contribution in [-0.4, -0.2) is 24.4 Å². The van der Waals surface area contributed by atoms with Gasteiger partial charge in [0.2, 0.25) is 11.8 Å². The molecular weight excluding hydrogens is 252 g/mol. The Balaban J connectivity index is 3.92. The minimum Gasteiger partial charge on any atom is -0.354 e.